The van der Waals surface area contributed by atoms with E-state index in [1.54, 1.807) is 4.90 Å². The summed E-state index contributed by atoms with van der Waals surface area (Å²) < 4.78 is 10.00. The number of nitrogens with zero attached hydrogens (tertiary/aromatic N) is 1. The van der Waals surface area contributed by atoms with Crippen molar-refractivity contribution in [3.05, 3.63) is 21.4 Å². The molecule has 0 bridgehead atoms. The number of hydrogen-bond donors (Lipinski definition) is 0. The Morgan fingerprint density at radius 1 is 1.55 bits per heavy atom. The maximum absolute atomic E-state index is 12.5. The van der Waals surface area contributed by atoms with E-state index in [0.29, 0.717) is 13.2 Å². The first-order valence-corrected chi connectivity index (χ1v) is 7.46. The standard InChI is InChI=1S/C14H19NO4S/c1-4-10-7-12(20-9(10)2)13(16)15-5-6-19-11(8-15)14(17)18-3/h7,11H,4-6,8H2,1-3H3. The van der Waals surface area contributed by atoms with Gasteiger partial charge in [0.25, 0.3) is 5.91 Å². The second-order valence-electron chi connectivity index (χ2n) is 4.68. The Bertz CT molecular complexity index is 511. The molecule has 2 heterocycles. The number of ether oxygens (including phenoxy) is 2. The molecule has 1 aromatic heterocycles. The van der Waals surface area contributed by atoms with Gasteiger partial charge < -0.3 is 14.4 Å². The van der Waals surface area contributed by atoms with E-state index >= 15 is 0 Å². The Kier molecular flexibility index (Phi) is 4.77. The van der Waals surface area contributed by atoms with E-state index in [-0.39, 0.29) is 12.5 Å². The van der Waals surface area contributed by atoms with E-state index < -0.39 is 12.1 Å². The van der Waals surface area contributed by atoms with Gasteiger partial charge in [-0.05, 0) is 25.0 Å². The van der Waals surface area contributed by atoms with Crippen molar-refractivity contribution in [1.82, 2.24) is 4.90 Å². The van der Waals surface area contributed by atoms with E-state index in [2.05, 4.69) is 11.7 Å². The summed E-state index contributed by atoms with van der Waals surface area (Å²) in [5, 5.41) is 0. The zero-order valence-corrected chi connectivity index (χ0v) is 12.8. The van der Waals surface area contributed by atoms with Gasteiger partial charge in [-0.2, -0.15) is 0 Å². The van der Waals surface area contributed by atoms with Gasteiger partial charge in [0.2, 0.25) is 0 Å². The molecule has 0 saturated carbocycles. The van der Waals surface area contributed by atoms with Crippen LogP contribution in [0.25, 0.3) is 0 Å². The molecule has 0 aromatic carbocycles. The Balaban J connectivity index is 2.10. The van der Waals surface area contributed by atoms with Gasteiger partial charge in [0, 0.05) is 11.4 Å². The van der Waals surface area contributed by atoms with Crippen molar-refractivity contribution < 1.29 is 19.1 Å². The second kappa shape index (κ2) is 6.37. The summed E-state index contributed by atoms with van der Waals surface area (Å²) >= 11 is 1.51. The van der Waals surface area contributed by atoms with E-state index in [1.807, 2.05) is 13.0 Å². The third kappa shape index (κ3) is 3.02. The Hall–Kier alpha value is -1.40. The molecule has 1 fully saturated rings. The maximum Gasteiger partial charge on any atom is 0.336 e. The average Bonchev–Trinajstić information content (AvgIpc) is 2.86. The number of rotatable bonds is 3. The molecule has 0 aliphatic carbocycles. The normalized spacial score (nSPS) is 18.9. The van der Waals surface area contributed by atoms with E-state index in [0.717, 1.165) is 11.3 Å². The largest absolute Gasteiger partial charge is 0.467 e. The summed E-state index contributed by atoms with van der Waals surface area (Å²) in [4.78, 5) is 27.5. The number of carbonyl (C=O) groups excluding carboxylic acids is 2. The fourth-order valence-corrected chi connectivity index (χ4v) is 3.32. The van der Waals surface area contributed by atoms with E-state index in [1.165, 1.54) is 28.9 Å². The SMILES string of the molecule is CCc1cc(C(=O)N2CCOC(C(=O)OC)C2)sc1C. The number of hydrogen-bond acceptors (Lipinski definition) is 5. The van der Waals surface area contributed by atoms with Crippen molar-refractivity contribution in [2.75, 3.05) is 26.8 Å². The Morgan fingerprint density at radius 3 is 2.90 bits per heavy atom. The van der Waals surface area contributed by atoms with Crippen LogP contribution >= 0.6 is 11.3 Å². The molecule has 2 rings (SSSR count). The van der Waals surface area contributed by atoms with Crippen LogP contribution in [0.2, 0.25) is 0 Å². The molecular weight excluding hydrogens is 278 g/mol. The third-order valence-corrected chi connectivity index (χ3v) is 4.51. The number of methoxy groups -OCH3 is 1. The number of morpholine rings is 1. The van der Waals surface area contributed by atoms with Crippen molar-refractivity contribution in [3.63, 3.8) is 0 Å². The van der Waals surface area contributed by atoms with Gasteiger partial charge in [0.15, 0.2) is 6.10 Å². The minimum absolute atomic E-state index is 0.0324. The zero-order chi connectivity index (χ0) is 14.7. The van der Waals surface area contributed by atoms with Crippen molar-refractivity contribution in [2.45, 2.75) is 26.4 Å². The number of amides is 1. The predicted octanol–water partition coefficient (Wildman–Crippen LogP) is 1.63. The summed E-state index contributed by atoms with van der Waals surface area (Å²) in [5.41, 5.74) is 1.20. The Morgan fingerprint density at radius 2 is 2.30 bits per heavy atom. The molecule has 110 valence electrons. The molecule has 1 aliphatic heterocycles. The van der Waals surface area contributed by atoms with Crippen LogP contribution < -0.4 is 0 Å². The topological polar surface area (TPSA) is 55.8 Å². The number of thiophene rings is 1. The molecule has 5 nitrogen and oxygen atoms in total. The van der Waals surface area contributed by atoms with Gasteiger partial charge in [-0.3, -0.25) is 4.79 Å². The average molecular weight is 297 g/mol. The van der Waals surface area contributed by atoms with Gasteiger partial charge in [-0.25, -0.2) is 4.79 Å². The highest BCUT2D eigenvalue weighted by atomic mass is 32.1. The molecule has 1 aliphatic rings. The van der Waals surface area contributed by atoms with E-state index in [4.69, 9.17) is 4.74 Å². The highest BCUT2D eigenvalue weighted by Gasteiger charge is 2.31. The van der Waals surface area contributed by atoms with Crippen molar-refractivity contribution in [3.8, 4) is 0 Å². The lowest BCUT2D eigenvalue weighted by Gasteiger charge is -2.31. The molecule has 0 radical (unpaired) electrons. The lowest BCUT2D eigenvalue weighted by Crippen LogP contribution is -2.48. The lowest BCUT2D eigenvalue weighted by molar-refractivity contribution is -0.158. The van der Waals surface area contributed by atoms with Gasteiger partial charge in [0.1, 0.15) is 0 Å². The first-order valence-electron chi connectivity index (χ1n) is 6.64. The summed E-state index contributed by atoms with van der Waals surface area (Å²) in [6.45, 7) is 5.22. The zero-order valence-electron chi connectivity index (χ0n) is 12.0. The predicted molar refractivity (Wildman–Crippen MR) is 76.1 cm³/mol. The molecule has 0 spiro atoms. The van der Waals surface area contributed by atoms with Crippen LogP contribution in [0.4, 0.5) is 0 Å². The van der Waals surface area contributed by atoms with E-state index in [9.17, 15) is 9.59 Å². The van der Waals surface area contributed by atoms with Crippen LogP contribution in [-0.4, -0.2) is 49.7 Å². The summed E-state index contributed by atoms with van der Waals surface area (Å²) in [6.07, 6.45) is 0.244. The molecule has 20 heavy (non-hydrogen) atoms. The molecule has 1 amide bonds. The molecule has 1 aromatic rings. The van der Waals surface area contributed by atoms with Crippen LogP contribution in [0.3, 0.4) is 0 Å². The van der Waals surface area contributed by atoms with Gasteiger partial charge in [0.05, 0.1) is 25.1 Å². The molecule has 1 unspecified atom stereocenters. The first-order chi connectivity index (χ1) is 9.56. The van der Waals surface area contributed by atoms with Gasteiger partial charge >= 0.3 is 5.97 Å². The van der Waals surface area contributed by atoms with Crippen molar-refractivity contribution >= 4 is 23.2 Å². The maximum atomic E-state index is 12.5. The quantitative estimate of drug-likeness (QED) is 0.796. The Labute approximate surface area is 122 Å². The second-order valence-corrected chi connectivity index (χ2v) is 5.94. The third-order valence-electron chi connectivity index (χ3n) is 3.43. The van der Waals surface area contributed by atoms with Crippen molar-refractivity contribution in [1.29, 1.82) is 0 Å². The van der Waals surface area contributed by atoms with Crippen LogP contribution in [0.15, 0.2) is 6.07 Å². The molecule has 6 heteroatoms. The van der Waals surface area contributed by atoms with Crippen LogP contribution in [0.5, 0.6) is 0 Å². The minimum atomic E-state index is -0.676. The molecule has 0 N–H and O–H groups in total. The number of esters is 1. The first kappa shape index (κ1) is 15.0. The van der Waals surface area contributed by atoms with Crippen molar-refractivity contribution in [2.24, 2.45) is 0 Å². The van der Waals surface area contributed by atoms with Gasteiger partial charge in [-0.15, -0.1) is 11.3 Å². The summed E-state index contributed by atoms with van der Waals surface area (Å²) in [5.74, 6) is -0.464. The summed E-state index contributed by atoms with van der Waals surface area (Å²) in [7, 11) is 1.32. The van der Waals surface area contributed by atoms with Crippen LogP contribution in [0.1, 0.15) is 27.0 Å². The van der Waals surface area contributed by atoms with Gasteiger partial charge in [-0.1, -0.05) is 6.92 Å². The number of carbonyl (C=O) groups is 2. The molecular formula is C14H19NO4S. The summed E-state index contributed by atoms with van der Waals surface area (Å²) in [6, 6.07) is 1.95. The fourth-order valence-electron chi connectivity index (χ4n) is 2.24. The van der Waals surface area contributed by atoms with Crippen LogP contribution in [0, 0.1) is 6.92 Å². The molecule has 1 saturated heterocycles. The number of aryl methyl sites for hydroxylation is 2. The monoisotopic (exact) mass is 297 g/mol. The lowest BCUT2D eigenvalue weighted by atomic mass is 10.2. The molecule has 1 atom stereocenters. The highest BCUT2D eigenvalue weighted by molar-refractivity contribution is 7.14. The van der Waals surface area contributed by atoms with Crippen LogP contribution in [-0.2, 0) is 20.7 Å². The fraction of sp³-hybridized carbons (Fsp3) is 0.571. The minimum Gasteiger partial charge on any atom is -0.467 e. The smallest absolute Gasteiger partial charge is 0.336 e. The highest BCUT2D eigenvalue weighted by Crippen LogP contribution is 2.24.